The highest BCUT2D eigenvalue weighted by Gasteiger charge is 2.40. The standard InChI is InChI=1S/C14H14F3N3O3/c15-14(16,17)9-5-18-3-1-8(9)13(22)20-4-2-11-10(6-20)19-12(21)7-23-11/h1,3,5,10-11H,2,4,6-7H2,(H,19,21)/t10-,11+/m1/s1. The summed E-state index contributed by atoms with van der Waals surface area (Å²) < 4.78 is 44.4. The molecule has 6 nitrogen and oxygen atoms in total. The number of hydrogen-bond donors (Lipinski definition) is 1. The number of ether oxygens (including phenoxy) is 1. The number of carbonyl (C=O) groups excluding carboxylic acids is 2. The van der Waals surface area contributed by atoms with E-state index in [1.165, 1.54) is 4.90 Å². The van der Waals surface area contributed by atoms with Gasteiger partial charge in [0.05, 0.1) is 23.3 Å². The molecule has 2 amide bonds. The summed E-state index contributed by atoms with van der Waals surface area (Å²) in [5, 5.41) is 2.71. The third kappa shape index (κ3) is 3.14. The number of nitrogens with zero attached hydrogens (tertiary/aromatic N) is 2. The van der Waals surface area contributed by atoms with E-state index >= 15 is 0 Å². The lowest BCUT2D eigenvalue weighted by Crippen LogP contribution is -2.61. The van der Waals surface area contributed by atoms with Crippen molar-refractivity contribution in [1.82, 2.24) is 15.2 Å². The Hall–Kier alpha value is -2.16. The minimum atomic E-state index is -4.65. The van der Waals surface area contributed by atoms with Crippen molar-refractivity contribution in [3.8, 4) is 0 Å². The van der Waals surface area contributed by atoms with E-state index in [0.29, 0.717) is 12.6 Å². The second-order valence-electron chi connectivity index (χ2n) is 5.48. The number of halogens is 3. The van der Waals surface area contributed by atoms with Gasteiger partial charge in [-0.3, -0.25) is 14.6 Å². The van der Waals surface area contributed by atoms with Gasteiger partial charge in [0.1, 0.15) is 6.61 Å². The first-order valence-corrected chi connectivity index (χ1v) is 7.07. The first-order valence-electron chi connectivity index (χ1n) is 7.07. The van der Waals surface area contributed by atoms with Crippen LogP contribution in [0, 0.1) is 0 Å². The largest absolute Gasteiger partial charge is 0.418 e. The molecular weight excluding hydrogens is 315 g/mol. The lowest BCUT2D eigenvalue weighted by Gasteiger charge is -2.41. The zero-order valence-corrected chi connectivity index (χ0v) is 12.0. The van der Waals surface area contributed by atoms with Gasteiger partial charge in [0.15, 0.2) is 0 Å². The van der Waals surface area contributed by atoms with E-state index in [2.05, 4.69) is 10.3 Å². The molecular formula is C14H14F3N3O3. The first kappa shape index (κ1) is 15.7. The fourth-order valence-electron chi connectivity index (χ4n) is 2.86. The van der Waals surface area contributed by atoms with Gasteiger partial charge in [-0.2, -0.15) is 13.2 Å². The molecule has 23 heavy (non-hydrogen) atoms. The lowest BCUT2D eigenvalue weighted by molar-refractivity contribution is -0.139. The van der Waals surface area contributed by atoms with Crippen LogP contribution < -0.4 is 5.32 Å². The van der Waals surface area contributed by atoms with Crippen molar-refractivity contribution in [3.63, 3.8) is 0 Å². The summed E-state index contributed by atoms with van der Waals surface area (Å²) in [6.07, 6.45) is -2.61. The number of morpholine rings is 1. The molecule has 2 saturated heterocycles. The molecule has 0 aliphatic carbocycles. The van der Waals surface area contributed by atoms with Crippen molar-refractivity contribution >= 4 is 11.8 Å². The number of alkyl halides is 3. The highest BCUT2D eigenvalue weighted by Crippen LogP contribution is 2.32. The number of nitrogens with one attached hydrogen (secondary N) is 1. The van der Waals surface area contributed by atoms with Crippen LogP contribution in [0.25, 0.3) is 0 Å². The smallest absolute Gasteiger partial charge is 0.366 e. The summed E-state index contributed by atoms with van der Waals surface area (Å²) in [7, 11) is 0. The van der Waals surface area contributed by atoms with Crippen LogP contribution in [-0.4, -0.2) is 53.5 Å². The molecule has 1 aromatic heterocycles. The van der Waals surface area contributed by atoms with Gasteiger partial charge in [0.25, 0.3) is 5.91 Å². The molecule has 3 heterocycles. The van der Waals surface area contributed by atoms with Crippen LogP contribution in [0.5, 0.6) is 0 Å². The van der Waals surface area contributed by atoms with Crippen LogP contribution in [0.2, 0.25) is 0 Å². The minimum Gasteiger partial charge on any atom is -0.366 e. The highest BCUT2D eigenvalue weighted by atomic mass is 19.4. The number of pyridine rings is 1. The summed E-state index contributed by atoms with van der Waals surface area (Å²) >= 11 is 0. The normalized spacial score (nSPS) is 24.8. The second-order valence-corrected chi connectivity index (χ2v) is 5.48. The molecule has 0 radical (unpaired) electrons. The van der Waals surface area contributed by atoms with Crippen molar-refractivity contribution in [2.75, 3.05) is 19.7 Å². The molecule has 2 aliphatic rings. The van der Waals surface area contributed by atoms with E-state index in [4.69, 9.17) is 4.74 Å². The van der Waals surface area contributed by atoms with E-state index in [1.54, 1.807) is 0 Å². The molecule has 0 saturated carbocycles. The van der Waals surface area contributed by atoms with Crippen molar-refractivity contribution in [2.45, 2.75) is 24.7 Å². The summed E-state index contributed by atoms with van der Waals surface area (Å²) in [6, 6.07) is 0.665. The van der Waals surface area contributed by atoms with Crippen LogP contribution in [-0.2, 0) is 15.7 Å². The average Bonchev–Trinajstić information content (AvgIpc) is 2.52. The SMILES string of the molecule is O=C1CO[C@H]2CCN(C(=O)c3ccncc3C(F)(F)F)C[C@H]2N1. The fourth-order valence-corrected chi connectivity index (χ4v) is 2.86. The molecule has 1 aromatic rings. The Kier molecular flexibility index (Phi) is 3.97. The van der Waals surface area contributed by atoms with E-state index in [-0.39, 0.29) is 31.7 Å². The van der Waals surface area contributed by atoms with Crippen molar-refractivity contribution in [3.05, 3.63) is 29.6 Å². The van der Waals surface area contributed by atoms with E-state index in [1.807, 2.05) is 0 Å². The van der Waals surface area contributed by atoms with Crippen LogP contribution in [0.1, 0.15) is 22.3 Å². The van der Waals surface area contributed by atoms with Crippen molar-refractivity contribution in [1.29, 1.82) is 0 Å². The molecule has 1 N–H and O–H groups in total. The summed E-state index contributed by atoms with van der Waals surface area (Å²) in [6.45, 7) is 0.363. The average molecular weight is 329 g/mol. The van der Waals surface area contributed by atoms with Gasteiger partial charge in [0.2, 0.25) is 5.91 Å². The molecule has 2 fully saturated rings. The number of piperidine rings is 1. The van der Waals surface area contributed by atoms with Gasteiger partial charge in [-0.1, -0.05) is 0 Å². The third-order valence-electron chi connectivity index (χ3n) is 3.97. The van der Waals surface area contributed by atoms with Crippen LogP contribution >= 0.6 is 0 Å². The predicted octanol–water partition coefficient (Wildman–Crippen LogP) is 0.830. The molecule has 2 aliphatic heterocycles. The first-order chi connectivity index (χ1) is 10.9. The van der Waals surface area contributed by atoms with Gasteiger partial charge in [-0.15, -0.1) is 0 Å². The quantitative estimate of drug-likeness (QED) is 0.828. The van der Waals surface area contributed by atoms with Gasteiger partial charge in [-0.05, 0) is 12.5 Å². The van der Waals surface area contributed by atoms with Crippen molar-refractivity contribution < 1.29 is 27.5 Å². The Labute approximate surface area is 129 Å². The van der Waals surface area contributed by atoms with E-state index < -0.39 is 29.3 Å². The topological polar surface area (TPSA) is 71.5 Å². The number of rotatable bonds is 1. The summed E-state index contributed by atoms with van der Waals surface area (Å²) in [5.41, 5.74) is -1.50. The number of fused-ring (bicyclic) bond motifs is 1. The predicted molar refractivity (Wildman–Crippen MR) is 71.4 cm³/mol. The van der Waals surface area contributed by atoms with Gasteiger partial charge >= 0.3 is 6.18 Å². The number of carbonyl (C=O) groups is 2. The van der Waals surface area contributed by atoms with Gasteiger partial charge < -0.3 is 15.0 Å². The molecule has 124 valence electrons. The van der Waals surface area contributed by atoms with Gasteiger partial charge in [-0.25, -0.2) is 0 Å². The molecule has 0 unspecified atom stereocenters. The molecule has 0 aromatic carbocycles. The summed E-state index contributed by atoms with van der Waals surface area (Å²) in [5.74, 6) is -1.02. The molecule has 2 atom stereocenters. The fraction of sp³-hybridized carbons (Fsp3) is 0.500. The minimum absolute atomic E-state index is 0.0301. The number of aromatic nitrogens is 1. The van der Waals surface area contributed by atoms with E-state index in [0.717, 1.165) is 12.3 Å². The van der Waals surface area contributed by atoms with Crippen molar-refractivity contribution in [2.24, 2.45) is 0 Å². The number of hydrogen-bond acceptors (Lipinski definition) is 4. The summed E-state index contributed by atoms with van der Waals surface area (Å²) in [4.78, 5) is 28.6. The van der Waals surface area contributed by atoms with Crippen LogP contribution in [0.15, 0.2) is 18.5 Å². The maximum atomic E-state index is 13.0. The Balaban J connectivity index is 1.80. The van der Waals surface area contributed by atoms with E-state index in [9.17, 15) is 22.8 Å². The Morgan fingerprint density at radius 3 is 2.96 bits per heavy atom. The third-order valence-corrected chi connectivity index (χ3v) is 3.97. The molecule has 0 spiro atoms. The monoisotopic (exact) mass is 329 g/mol. The second kappa shape index (κ2) is 5.80. The van der Waals surface area contributed by atoms with Crippen LogP contribution in [0.3, 0.4) is 0 Å². The Morgan fingerprint density at radius 2 is 2.22 bits per heavy atom. The number of likely N-dealkylation sites (tertiary alicyclic amines) is 1. The zero-order chi connectivity index (χ0) is 16.6. The van der Waals surface area contributed by atoms with Gasteiger partial charge in [0, 0.05) is 25.5 Å². The number of amides is 2. The maximum Gasteiger partial charge on any atom is 0.418 e. The van der Waals surface area contributed by atoms with Crippen LogP contribution in [0.4, 0.5) is 13.2 Å². The molecule has 0 bridgehead atoms. The molecule has 9 heteroatoms. The Morgan fingerprint density at radius 1 is 1.43 bits per heavy atom. The lowest BCUT2D eigenvalue weighted by atomic mass is 9.99. The maximum absolute atomic E-state index is 13.0. The molecule has 3 rings (SSSR count). The Bertz CT molecular complexity index is 635. The highest BCUT2D eigenvalue weighted by molar-refractivity contribution is 5.96. The zero-order valence-electron chi connectivity index (χ0n) is 12.0.